The van der Waals surface area contributed by atoms with Crippen LogP contribution in [0.2, 0.25) is 0 Å². The number of pyridine rings is 1. The average Bonchev–Trinajstić information content (AvgIpc) is 2.37. The molecular weight excluding hydrogens is 226 g/mol. The molecule has 0 radical (unpaired) electrons. The molecule has 18 heavy (non-hydrogen) atoms. The highest BCUT2D eigenvalue weighted by Gasteiger charge is 2.20. The number of ether oxygens (including phenoxy) is 1. The summed E-state index contributed by atoms with van der Waals surface area (Å²) in [6.45, 7) is 4.99. The maximum absolute atomic E-state index is 5.77. The van der Waals surface area contributed by atoms with Crippen LogP contribution in [0.3, 0.4) is 0 Å². The summed E-state index contributed by atoms with van der Waals surface area (Å²) in [7, 11) is 4.19. The van der Waals surface area contributed by atoms with E-state index in [1.54, 1.807) is 0 Å². The Hall–Kier alpha value is -0.970. The molecule has 0 amide bonds. The summed E-state index contributed by atoms with van der Waals surface area (Å²) in [4.78, 5) is 9.03. The highest BCUT2D eigenvalue weighted by molar-refractivity contribution is 5.03. The molecule has 2 heterocycles. The van der Waals surface area contributed by atoms with E-state index in [0.29, 0.717) is 6.10 Å². The summed E-state index contributed by atoms with van der Waals surface area (Å²) in [5, 5.41) is 0. The Kier molecular flexibility index (Phi) is 5.11. The molecule has 0 N–H and O–H groups in total. The van der Waals surface area contributed by atoms with Gasteiger partial charge in [-0.3, -0.25) is 9.88 Å². The van der Waals surface area contributed by atoms with E-state index in [1.807, 2.05) is 12.3 Å². The molecule has 2 rings (SSSR count). The summed E-state index contributed by atoms with van der Waals surface area (Å²) in [5.41, 5.74) is 1.17. The highest BCUT2D eigenvalue weighted by Crippen LogP contribution is 2.07. The largest absolute Gasteiger partial charge is 0.374 e. The number of morpholine rings is 1. The molecule has 1 unspecified atom stereocenters. The lowest BCUT2D eigenvalue weighted by Crippen LogP contribution is -2.46. The number of likely N-dealkylation sites (N-methyl/N-ethyl adjacent to an activating group) is 1. The fraction of sp³-hybridized carbons (Fsp3) is 0.643. The van der Waals surface area contributed by atoms with Gasteiger partial charge in [-0.25, -0.2) is 0 Å². The Morgan fingerprint density at radius 3 is 3.06 bits per heavy atom. The van der Waals surface area contributed by atoms with Crippen molar-refractivity contribution in [2.45, 2.75) is 12.5 Å². The molecule has 1 aromatic rings. The molecular formula is C14H23N3O. The van der Waals surface area contributed by atoms with Crippen molar-refractivity contribution in [2.24, 2.45) is 0 Å². The van der Waals surface area contributed by atoms with E-state index in [2.05, 4.69) is 41.0 Å². The number of aromatic nitrogens is 1. The van der Waals surface area contributed by atoms with Gasteiger partial charge in [0.25, 0.3) is 0 Å². The van der Waals surface area contributed by atoms with Crippen molar-refractivity contribution in [1.82, 2.24) is 14.8 Å². The lowest BCUT2D eigenvalue weighted by Gasteiger charge is -2.34. The zero-order valence-electron chi connectivity index (χ0n) is 11.4. The van der Waals surface area contributed by atoms with E-state index in [0.717, 1.165) is 39.2 Å². The fourth-order valence-electron chi connectivity index (χ4n) is 2.32. The van der Waals surface area contributed by atoms with Gasteiger partial charge in [-0.15, -0.1) is 0 Å². The van der Waals surface area contributed by atoms with Crippen molar-refractivity contribution < 1.29 is 4.74 Å². The summed E-state index contributed by atoms with van der Waals surface area (Å²) < 4.78 is 5.77. The van der Waals surface area contributed by atoms with Crippen LogP contribution in [0.5, 0.6) is 0 Å². The fourth-order valence-corrected chi connectivity index (χ4v) is 2.32. The van der Waals surface area contributed by atoms with E-state index in [9.17, 15) is 0 Å². The summed E-state index contributed by atoms with van der Waals surface area (Å²) >= 11 is 0. The summed E-state index contributed by atoms with van der Waals surface area (Å²) in [6.07, 6.45) is 3.23. The first kappa shape index (κ1) is 13.5. The van der Waals surface area contributed by atoms with Gasteiger partial charge < -0.3 is 9.64 Å². The van der Waals surface area contributed by atoms with Crippen molar-refractivity contribution in [3.63, 3.8) is 0 Å². The van der Waals surface area contributed by atoms with Crippen LogP contribution in [0.4, 0.5) is 0 Å². The molecule has 1 aliphatic rings. The topological polar surface area (TPSA) is 28.6 Å². The zero-order valence-corrected chi connectivity index (χ0v) is 11.4. The molecule has 1 fully saturated rings. The second kappa shape index (κ2) is 6.83. The van der Waals surface area contributed by atoms with Crippen molar-refractivity contribution in [1.29, 1.82) is 0 Å². The van der Waals surface area contributed by atoms with Crippen LogP contribution in [0, 0.1) is 0 Å². The van der Waals surface area contributed by atoms with E-state index in [4.69, 9.17) is 4.74 Å². The van der Waals surface area contributed by atoms with Crippen LogP contribution in [0.1, 0.15) is 5.69 Å². The van der Waals surface area contributed by atoms with Crippen molar-refractivity contribution in [3.8, 4) is 0 Å². The lowest BCUT2D eigenvalue weighted by molar-refractivity contribution is -0.0376. The lowest BCUT2D eigenvalue weighted by atomic mass is 10.2. The van der Waals surface area contributed by atoms with Crippen molar-refractivity contribution in [3.05, 3.63) is 30.1 Å². The molecule has 0 spiro atoms. The highest BCUT2D eigenvalue weighted by atomic mass is 16.5. The van der Waals surface area contributed by atoms with Crippen LogP contribution in [-0.4, -0.2) is 67.8 Å². The summed E-state index contributed by atoms with van der Waals surface area (Å²) in [5.74, 6) is 0. The molecule has 0 aliphatic carbocycles. The van der Waals surface area contributed by atoms with E-state index < -0.39 is 0 Å². The molecule has 4 heteroatoms. The predicted octanol–water partition coefficient (Wildman–Crippen LogP) is 0.886. The Balaban J connectivity index is 1.76. The van der Waals surface area contributed by atoms with Crippen LogP contribution >= 0.6 is 0 Å². The number of hydrogen-bond donors (Lipinski definition) is 0. The third-order valence-electron chi connectivity index (χ3n) is 3.20. The van der Waals surface area contributed by atoms with E-state index >= 15 is 0 Å². The molecule has 4 nitrogen and oxygen atoms in total. The second-order valence-corrected chi connectivity index (χ2v) is 5.13. The van der Waals surface area contributed by atoms with E-state index in [1.165, 1.54) is 5.69 Å². The molecule has 0 aromatic carbocycles. The second-order valence-electron chi connectivity index (χ2n) is 5.13. The van der Waals surface area contributed by atoms with Gasteiger partial charge in [-0.2, -0.15) is 0 Å². The average molecular weight is 249 g/mol. The monoisotopic (exact) mass is 249 g/mol. The third-order valence-corrected chi connectivity index (χ3v) is 3.20. The molecule has 1 atom stereocenters. The molecule has 0 saturated carbocycles. The minimum absolute atomic E-state index is 0.345. The molecule has 1 aromatic heterocycles. The number of rotatable bonds is 5. The Morgan fingerprint density at radius 1 is 1.44 bits per heavy atom. The maximum Gasteiger partial charge on any atom is 0.0829 e. The molecule has 100 valence electrons. The van der Waals surface area contributed by atoms with Crippen LogP contribution in [0.15, 0.2) is 24.4 Å². The number of hydrogen-bond acceptors (Lipinski definition) is 4. The van der Waals surface area contributed by atoms with Gasteiger partial charge >= 0.3 is 0 Å². The van der Waals surface area contributed by atoms with Crippen LogP contribution in [-0.2, 0) is 11.2 Å². The first-order chi connectivity index (χ1) is 8.74. The quantitative estimate of drug-likeness (QED) is 0.775. The normalized spacial score (nSPS) is 21.4. The minimum atomic E-state index is 0.345. The van der Waals surface area contributed by atoms with Crippen molar-refractivity contribution >= 4 is 0 Å². The third kappa shape index (κ3) is 4.37. The molecule has 1 aliphatic heterocycles. The smallest absolute Gasteiger partial charge is 0.0829 e. The summed E-state index contributed by atoms with van der Waals surface area (Å²) in [6, 6.07) is 6.11. The van der Waals surface area contributed by atoms with Gasteiger partial charge in [0, 0.05) is 44.5 Å². The minimum Gasteiger partial charge on any atom is -0.374 e. The first-order valence-corrected chi connectivity index (χ1v) is 6.62. The Morgan fingerprint density at radius 2 is 2.33 bits per heavy atom. The van der Waals surface area contributed by atoms with Crippen LogP contribution in [0.25, 0.3) is 0 Å². The maximum atomic E-state index is 5.77. The van der Waals surface area contributed by atoms with Crippen LogP contribution < -0.4 is 0 Å². The standard InChI is InChI=1S/C14H23N3O/c1-16(2)11-14-12-17(9-10-18-14)8-6-13-5-3-4-7-15-13/h3-5,7,14H,6,8-12H2,1-2H3. The first-order valence-electron chi connectivity index (χ1n) is 6.62. The molecule has 0 bridgehead atoms. The van der Waals surface area contributed by atoms with Crippen molar-refractivity contribution in [2.75, 3.05) is 46.9 Å². The van der Waals surface area contributed by atoms with Gasteiger partial charge in [0.05, 0.1) is 12.7 Å². The zero-order chi connectivity index (χ0) is 12.8. The number of nitrogens with zero attached hydrogens (tertiary/aromatic N) is 3. The van der Waals surface area contributed by atoms with E-state index in [-0.39, 0.29) is 0 Å². The van der Waals surface area contributed by atoms with Gasteiger partial charge in [0.15, 0.2) is 0 Å². The Bertz CT molecular complexity index is 342. The SMILES string of the molecule is CN(C)CC1CN(CCc2ccccn2)CCO1. The predicted molar refractivity (Wildman–Crippen MR) is 72.7 cm³/mol. The van der Waals surface area contributed by atoms with Gasteiger partial charge in [0.2, 0.25) is 0 Å². The van der Waals surface area contributed by atoms with Gasteiger partial charge in [-0.05, 0) is 26.2 Å². The molecule has 1 saturated heterocycles. The van der Waals surface area contributed by atoms with Gasteiger partial charge in [0.1, 0.15) is 0 Å². The van der Waals surface area contributed by atoms with Gasteiger partial charge in [-0.1, -0.05) is 6.07 Å². The Labute approximate surface area is 110 Å².